The van der Waals surface area contributed by atoms with Gasteiger partial charge >= 0.3 is 5.97 Å². The summed E-state index contributed by atoms with van der Waals surface area (Å²) in [6.45, 7) is 6.93. The van der Waals surface area contributed by atoms with Crippen molar-refractivity contribution < 1.29 is 19.1 Å². The second kappa shape index (κ2) is 11.0. The summed E-state index contributed by atoms with van der Waals surface area (Å²) in [5.74, 6) is -0.184. The summed E-state index contributed by atoms with van der Waals surface area (Å²) < 4.78 is 10.4. The molecular weight excluding hydrogens is 450 g/mol. The van der Waals surface area contributed by atoms with E-state index < -0.39 is 12.0 Å². The zero-order valence-electron chi connectivity index (χ0n) is 18.7. The fourth-order valence-corrected chi connectivity index (χ4v) is 4.63. The number of amides is 1. The van der Waals surface area contributed by atoms with E-state index in [1.807, 2.05) is 42.4 Å². The van der Waals surface area contributed by atoms with Gasteiger partial charge in [-0.1, -0.05) is 49.3 Å². The van der Waals surface area contributed by atoms with Gasteiger partial charge in [0.15, 0.2) is 5.17 Å². The van der Waals surface area contributed by atoms with Crippen LogP contribution in [0, 0.1) is 5.92 Å². The second-order valence-corrected chi connectivity index (χ2v) is 9.22. The van der Waals surface area contributed by atoms with Crippen molar-refractivity contribution in [1.82, 2.24) is 10.2 Å². The maximum atomic E-state index is 13.1. The summed E-state index contributed by atoms with van der Waals surface area (Å²) in [7, 11) is 1.55. The van der Waals surface area contributed by atoms with Crippen LogP contribution in [0.15, 0.2) is 51.6 Å². The predicted molar refractivity (Wildman–Crippen MR) is 127 cm³/mol. The number of allylic oxidation sites excluding steroid dienone is 1. The summed E-state index contributed by atoms with van der Waals surface area (Å²) in [4.78, 5) is 32.2. The maximum absolute atomic E-state index is 13.1. The van der Waals surface area contributed by atoms with Gasteiger partial charge in [-0.15, -0.1) is 0 Å². The Bertz CT molecular complexity index is 974. The number of halogens is 1. The van der Waals surface area contributed by atoms with Crippen LogP contribution in [0.5, 0.6) is 0 Å². The zero-order valence-corrected chi connectivity index (χ0v) is 20.3. The zero-order chi connectivity index (χ0) is 23.3. The fourth-order valence-electron chi connectivity index (χ4n) is 3.46. The molecule has 0 aliphatic carbocycles. The number of carbonyl (C=O) groups is 2. The van der Waals surface area contributed by atoms with Gasteiger partial charge < -0.3 is 19.7 Å². The fraction of sp³-hybridized carbons (Fsp3) is 0.435. The quantitative estimate of drug-likeness (QED) is 0.422. The standard InChI is InChI=1S/C23H28ClN3O4S/c1-14(2)12-25-19(28)11-18-13-32-23-26-15(3)20(22(29)31-9-8-30-4)21(27(18)23)16-6-5-7-17(24)10-16/h5-7,10,13-14,21H,8-9,11-12H2,1-4H3,(H,25,28). The maximum Gasteiger partial charge on any atom is 0.338 e. The first-order valence-corrected chi connectivity index (χ1v) is 11.7. The number of hydrogen-bond donors (Lipinski definition) is 1. The first-order chi connectivity index (χ1) is 15.3. The van der Waals surface area contributed by atoms with Crippen molar-refractivity contribution in [1.29, 1.82) is 0 Å². The van der Waals surface area contributed by atoms with E-state index in [0.717, 1.165) is 11.3 Å². The molecule has 2 heterocycles. The number of nitrogens with zero attached hydrogens (tertiary/aromatic N) is 2. The summed E-state index contributed by atoms with van der Waals surface area (Å²) in [5.41, 5.74) is 2.59. The van der Waals surface area contributed by atoms with Crippen LogP contribution in [0.1, 0.15) is 38.8 Å². The number of benzene rings is 1. The molecule has 0 bridgehead atoms. The number of hydrogen-bond acceptors (Lipinski definition) is 7. The SMILES string of the molecule is COCCOC(=O)C1=C(C)N=C2SC=C(CC(=O)NCC(C)C)N2C1c1cccc(Cl)c1. The Balaban J connectivity index is 1.95. The lowest BCUT2D eigenvalue weighted by Crippen LogP contribution is -2.38. The van der Waals surface area contributed by atoms with Crippen LogP contribution in [0.4, 0.5) is 0 Å². The average molecular weight is 478 g/mol. The minimum absolute atomic E-state index is 0.0767. The van der Waals surface area contributed by atoms with E-state index in [-0.39, 0.29) is 18.9 Å². The molecule has 2 aliphatic heterocycles. The van der Waals surface area contributed by atoms with Gasteiger partial charge in [0.1, 0.15) is 6.61 Å². The lowest BCUT2D eigenvalue weighted by atomic mass is 9.94. The number of methoxy groups -OCH3 is 1. The van der Waals surface area contributed by atoms with Crippen molar-refractivity contribution in [2.75, 3.05) is 26.9 Å². The smallest absolute Gasteiger partial charge is 0.338 e. The molecule has 172 valence electrons. The van der Waals surface area contributed by atoms with Crippen LogP contribution in [-0.2, 0) is 19.1 Å². The lowest BCUT2D eigenvalue weighted by molar-refractivity contribution is -0.141. The summed E-state index contributed by atoms with van der Waals surface area (Å²) in [6.07, 6.45) is 0.181. The number of aliphatic imine (C=N–C) groups is 1. The molecule has 0 saturated heterocycles. The lowest BCUT2D eigenvalue weighted by Gasteiger charge is -2.36. The Morgan fingerprint density at radius 2 is 2.09 bits per heavy atom. The van der Waals surface area contributed by atoms with Crippen molar-refractivity contribution in [3.63, 3.8) is 0 Å². The molecule has 2 aliphatic rings. The molecule has 1 unspecified atom stereocenters. The third-order valence-corrected chi connectivity index (χ3v) is 6.08. The van der Waals surface area contributed by atoms with Gasteiger partial charge in [0.25, 0.3) is 0 Å². The number of rotatable bonds is 9. The predicted octanol–water partition coefficient (Wildman–Crippen LogP) is 4.27. The van der Waals surface area contributed by atoms with Gasteiger partial charge in [-0.25, -0.2) is 9.79 Å². The Kier molecular flexibility index (Phi) is 8.39. The van der Waals surface area contributed by atoms with Crippen LogP contribution >= 0.6 is 23.4 Å². The van der Waals surface area contributed by atoms with Crippen molar-refractivity contribution in [3.8, 4) is 0 Å². The molecule has 0 saturated carbocycles. The van der Waals surface area contributed by atoms with E-state index in [1.165, 1.54) is 11.8 Å². The number of thioether (sulfide) groups is 1. The van der Waals surface area contributed by atoms with Gasteiger partial charge in [-0.05, 0) is 35.9 Å². The number of carbonyl (C=O) groups excluding carboxylic acids is 2. The minimum Gasteiger partial charge on any atom is -0.460 e. The summed E-state index contributed by atoms with van der Waals surface area (Å²) >= 11 is 7.72. The van der Waals surface area contributed by atoms with Crippen LogP contribution in [0.3, 0.4) is 0 Å². The van der Waals surface area contributed by atoms with Crippen molar-refractivity contribution in [3.05, 3.63) is 57.2 Å². The molecule has 0 fully saturated rings. The molecule has 3 rings (SSSR count). The van der Waals surface area contributed by atoms with Crippen LogP contribution < -0.4 is 5.32 Å². The Morgan fingerprint density at radius 1 is 1.31 bits per heavy atom. The molecule has 1 aromatic carbocycles. The van der Waals surface area contributed by atoms with E-state index in [1.54, 1.807) is 20.1 Å². The number of esters is 1. The molecule has 0 spiro atoms. The van der Waals surface area contributed by atoms with Crippen LogP contribution in [0.25, 0.3) is 0 Å². The van der Waals surface area contributed by atoms with Crippen molar-refractivity contribution in [2.24, 2.45) is 10.9 Å². The number of fused-ring (bicyclic) bond motifs is 1. The van der Waals surface area contributed by atoms with E-state index in [9.17, 15) is 9.59 Å². The number of nitrogens with one attached hydrogen (secondary N) is 1. The highest BCUT2D eigenvalue weighted by molar-refractivity contribution is 8.16. The van der Waals surface area contributed by atoms with Crippen LogP contribution in [-0.4, -0.2) is 48.8 Å². The summed E-state index contributed by atoms with van der Waals surface area (Å²) in [5, 5.41) is 6.14. The monoisotopic (exact) mass is 477 g/mol. The third-order valence-electron chi connectivity index (χ3n) is 4.95. The van der Waals surface area contributed by atoms with Gasteiger partial charge in [0.05, 0.1) is 30.3 Å². The van der Waals surface area contributed by atoms with Gasteiger partial charge in [-0.3, -0.25) is 4.79 Å². The Hall–Kier alpha value is -2.29. The molecular formula is C23H28ClN3O4S. The third kappa shape index (κ3) is 5.74. The van der Waals surface area contributed by atoms with Gasteiger partial charge in [0.2, 0.25) is 5.91 Å². The van der Waals surface area contributed by atoms with E-state index in [2.05, 4.69) is 10.3 Å². The van der Waals surface area contributed by atoms with Crippen molar-refractivity contribution >= 4 is 40.4 Å². The van der Waals surface area contributed by atoms with Crippen LogP contribution in [0.2, 0.25) is 5.02 Å². The molecule has 7 nitrogen and oxygen atoms in total. The summed E-state index contributed by atoms with van der Waals surface area (Å²) in [6, 6.07) is 6.85. The van der Waals surface area contributed by atoms with Crippen molar-refractivity contribution in [2.45, 2.75) is 33.2 Å². The van der Waals surface area contributed by atoms with E-state index >= 15 is 0 Å². The number of ether oxygens (including phenoxy) is 2. The highest BCUT2D eigenvalue weighted by atomic mass is 35.5. The van der Waals surface area contributed by atoms with Gasteiger partial charge in [-0.2, -0.15) is 0 Å². The molecule has 1 aromatic rings. The van der Waals surface area contributed by atoms with E-state index in [4.69, 9.17) is 21.1 Å². The average Bonchev–Trinajstić information content (AvgIpc) is 3.13. The molecule has 1 atom stereocenters. The highest BCUT2D eigenvalue weighted by Gasteiger charge is 2.41. The molecule has 0 aromatic heterocycles. The molecule has 32 heavy (non-hydrogen) atoms. The Morgan fingerprint density at radius 3 is 2.78 bits per heavy atom. The molecule has 1 N–H and O–H groups in total. The topological polar surface area (TPSA) is 80.2 Å². The highest BCUT2D eigenvalue weighted by Crippen LogP contribution is 2.45. The first-order valence-electron chi connectivity index (χ1n) is 10.4. The number of amidine groups is 1. The van der Waals surface area contributed by atoms with Gasteiger partial charge in [0, 0.05) is 24.4 Å². The Labute approximate surface area is 197 Å². The second-order valence-electron chi connectivity index (χ2n) is 7.95. The normalized spacial score (nSPS) is 17.8. The molecule has 9 heteroatoms. The molecule has 1 amide bonds. The molecule has 0 radical (unpaired) electrons. The first kappa shape index (κ1) is 24.4. The minimum atomic E-state index is -0.504. The largest absolute Gasteiger partial charge is 0.460 e. The van der Waals surface area contributed by atoms with E-state index in [0.29, 0.717) is 40.5 Å².